The third kappa shape index (κ3) is 3.25. The van der Waals surface area contributed by atoms with Gasteiger partial charge in [-0.25, -0.2) is 0 Å². The Balaban J connectivity index is 1.93. The summed E-state index contributed by atoms with van der Waals surface area (Å²) in [6, 6.07) is 8.72. The lowest BCUT2D eigenvalue weighted by Crippen LogP contribution is -2.30. The van der Waals surface area contributed by atoms with Crippen LogP contribution in [0.15, 0.2) is 24.3 Å². The highest BCUT2D eigenvalue weighted by atomic mass is 16.4. The molecule has 0 radical (unpaired) electrons. The molecule has 2 atom stereocenters. The van der Waals surface area contributed by atoms with Crippen molar-refractivity contribution in [1.82, 2.24) is 0 Å². The number of hydrogen-bond donors (Lipinski definition) is 2. The van der Waals surface area contributed by atoms with Crippen molar-refractivity contribution in [1.29, 1.82) is 0 Å². The lowest BCUT2D eigenvalue weighted by Gasteiger charge is -2.28. The van der Waals surface area contributed by atoms with Crippen LogP contribution < -0.4 is 5.32 Å². The van der Waals surface area contributed by atoms with Crippen molar-refractivity contribution >= 4 is 11.7 Å². The summed E-state index contributed by atoms with van der Waals surface area (Å²) < 4.78 is 0. The molecule has 1 aromatic rings. The molecule has 18 heavy (non-hydrogen) atoms. The molecule has 1 aromatic carbocycles. The van der Waals surface area contributed by atoms with Gasteiger partial charge in [0.2, 0.25) is 0 Å². The SMILES string of the molecule is CCc1ccc(NC2CCCC(C(=O)O)C2)cc1. The molecule has 3 nitrogen and oxygen atoms in total. The van der Waals surface area contributed by atoms with Gasteiger partial charge in [0.25, 0.3) is 0 Å². The van der Waals surface area contributed by atoms with Gasteiger partial charge in [-0.1, -0.05) is 25.5 Å². The molecule has 2 rings (SSSR count). The van der Waals surface area contributed by atoms with Gasteiger partial charge in [-0.05, 0) is 43.4 Å². The third-order valence-corrected chi connectivity index (χ3v) is 3.76. The van der Waals surface area contributed by atoms with Crippen LogP contribution in [0, 0.1) is 5.92 Å². The molecule has 98 valence electrons. The molecule has 2 unspecified atom stereocenters. The average molecular weight is 247 g/mol. The fourth-order valence-electron chi connectivity index (χ4n) is 2.62. The van der Waals surface area contributed by atoms with Gasteiger partial charge in [0.15, 0.2) is 0 Å². The Morgan fingerprint density at radius 1 is 1.33 bits per heavy atom. The highest BCUT2D eigenvalue weighted by molar-refractivity contribution is 5.70. The maximum absolute atomic E-state index is 11.0. The number of carboxylic acid groups (broad SMARTS) is 1. The lowest BCUT2D eigenvalue weighted by atomic mass is 9.85. The Kier molecular flexibility index (Phi) is 4.24. The van der Waals surface area contributed by atoms with Crippen molar-refractivity contribution in [2.75, 3.05) is 5.32 Å². The maximum Gasteiger partial charge on any atom is 0.306 e. The highest BCUT2D eigenvalue weighted by Gasteiger charge is 2.26. The molecule has 0 aliphatic heterocycles. The second-order valence-corrected chi connectivity index (χ2v) is 5.09. The van der Waals surface area contributed by atoms with Gasteiger partial charge in [-0.15, -0.1) is 0 Å². The molecule has 1 fully saturated rings. The zero-order chi connectivity index (χ0) is 13.0. The molecular weight excluding hydrogens is 226 g/mol. The Hall–Kier alpha value is -1.51. The van der Waals surface area contributed by atoms with Crippen molar-refractivity contribution in [3.63, 3.8) is 0 Å². The molecule has 0 spiro atoms. The van der Waals surface area contributed by atoms with Gasteiger partial charge < -0.3 is 10.4 Å². The van der Waals surface area contributed by atoms with Crippen LogP contribution in [0.25, 0.3) is 0 Å². The molecular formula is C15H21NO2. The first-order chi connectivity index (χ1) is 8.69. The number of carboxylic acids is 1. The van der Waals surface area contributed by atoms with Crippen molar-refractivity contribution in [3.05, 3.63) is 29.8 Å². The van der Waals surface area contributed by atoms with E-state index < -0.39 is 5.97 Å². The number of nitrogens with one attached hydrogen (secondary N) is 1. The van der Waals surface area contributed by atoms with Gasteiger partial charge in [-0.3, -0.25) is 4.79 Å². The summed E-state index contributed by atoms with van der Waals surface area (Å²) in [5.74, 6) is -0.825. The van der Waals surface area contributed by atoms with Crippen molar-refractivity contribution < 1.29 is 9.90 Å². The number of rotatable bonds is 4. The molecule has 0 saturated heterocycles. The Morgan fingerprint density at radius 3 is 2.67 bits per heavy atom. The van der Waals surface area contributed by atoms with E-state index in [4.69, 9.17) is 5.11 Å². The summed E-state index contributed by atoms with van der Waals surface area (Å²) in [5, 5.41) is 12.5. The summed E-state index contributed by atoms with van der Waals surface area (Å²) in [7, 11) is 0. The van der Waals surface area contributed by atoms with Gasteiger partial charge in [0, 0.05) is 11.7 Å². The summed E-state index contributed by atoms with van der Waals surface area (Å²) in [6.07, 6.45) is 4.68. The first-order valence-corrected chi connectivity index (χ1v) is 6.77. The quantitative estimate of drug-likeness (QED) is 0.858. The average Bonchev–Trinajstić information content (AvgIpc) is 2.40. The fraction of sp³-hybridized carbons (Fsp3) is 0.533. The van der Waals surface area contributed by atoms with Gasteiger partial charge in [0.05, 0.1) is 5.92 Å². The maximum atomic E-state index is 11.0. The molecule has 1 saturated carbocycles. The minimum Gasteiger partial charge on any atom is -0.481 e. The standard InChI is InChI=1S/C15H21NO2/c1-2-11-6-8-13(9-7-11)16-14-5-3-4-12(10-14)15(17)18/h6-9,12,14,16H,2-5,10H2,1H3,(H,17,18). The van der Waals surface area contributed by atoms with E-state index in [1.54, 1.807) is 0 Å². The zero-order valence-corrected chi connectivity index (χ0v) is 10.9. The van der Waals surface area contributed by atoms with Crippen LogP contribution in [-0.4, -0.2) is 17.1 Å². The number of hydrogen-bond acceptors (Lipinski definition) is 2. The number of carbonyl (C=O) groups is 1. The predicted octanol–water partition coefficient (Wildman–Crippen LogP) is 3.30. The molecule has 0 aromatic heterocycles. The minimum absolute atomic E-state index is 0.175. The molecule has 0 bridgehead atoms. The topological polar surface area (TPSA) is 49.3 Å². The number of aliphatic carboxylic acids is 1. The van der Waals surface area contributed by atoms with E-state index in [2.05, 4.69) is 36.5 Å². The predicted molar refractivity (Wildman–Crippen MR) is 72.8 cm³/mol. The van der Waals surface area contributed by atoms with Gasteiger partial charge in [-0.2, -0.15) is 0 Å². The minimum atomic E-state index is -0.650. The number of benzene rings is 1. The molecule has 0 heterocycles. The normalized spacial score (nSPS) is 23.6. The zero-order valence-electron chi connectivity index (χ0n) is 10.9. The van der Waals surface area contributed by atoms with Crippen LogP contribution in [-0.2, 0) is 11.2 Å². The summed E-state index contributed by atoms with van der Waals surface area (Å²) in [6.45, 7) is 2.14. The second-order valence-electron chi connectivity index (χ2n) is 5.09. The Labute approximate surface area is 108 Å². The van der Waals surface area contributed by atoms with E-state index in [1.165, 1.54) is 5.56 Å². The Morgan fingerprint density at radius 2 is 2.06 bits per heavy atom. The van der Waals surface area contributed by atoms with Crippen LogP contribution in [0.2, 0.25) is 0 Å². The third-order valence-electron chi connectivity index (χ3n) is 3.76. The molecule has 3 heteroatoms. The first kappa shape index (κ1) is 12.9. The van der Waals surface area contributed by atoms with E-state index in [-0.39, 0.29) is 5.92 Å². The second kappa shape index (κ2) is 5.89. The van der Waals surface area contributed by atoms with Crippen LogP contribution in [0.3, 0.4) is 0 Å². The van der Waals surface area contributed by atoms with E-state index in [0.29, 0.717) is 6.04 Å². The van der Waals surface area contributed by atoms with Crippen molar-refractivity contribution in [2.24, 2.45) is 5.92 Å². The van der Waals surface area contributed by atoms with Crippen LogP contribution in [0.1, 0.15) is 38.2 Å². The molecule has 0 amide bonds. The Bertz CT molecular complexity index is 399. The van der Waals surface area contributed by atoms with Crippen LogP contribution >= 0.6 is 0 Å². The van der Waals surface area contributed by atoms with Crippen molar-refractivity contribution in [3.8, 4) is 0 Å². The smallest absolute Gasteiger partial charge is 0.306 e. The van der Waals surface area contributed by atoms with E-state index in [1.807, 2.05) is 0 Å². The number of anilines is 1. The number of aryl methyl sites for hydroxylation is 1. The van der Waals surface area contributed by atoms with Gasteiger partial charge >= 0.3 is 5.97 Å². The van der Waals surface area contributed by atoms with Crippen LogP contribution in [0.5, 0.6) is 0 Å². The fourth-order valence-corrected chi connectivity index (χ4v) is 2.62. The van der Waals surface area contributed by atoms with E-state index in [0.717, 1.165) is 37.8 Å². The summed E-state index contributed by atoms with van der Waals surface area (Å²) in [4.78, 5) is 11.0. The largest absolute Gasteiger partial charge is 0.481 e. The monoisotopic (exact) mass is 247 g/mol. The van der Waals surface area contributed by atoms with Crippen molar-refractivity contribution in [2.45, 2.75) is 45.1 Å². The van der Waals surface area contributed by atoms with Crippen LogP contribution in [0.4, 0.5) is 5.69 Å². The molecule has 2 N–H and O–H groups in total. The molecule has 1 aliphatic rings. The first-order valence-electron chi connectivity index (χ1n) is 6.77. The highest BCUT2D eigenvalue weighted by Crippen LogP contribution is 2.27. The summed E-state index contributed by atoms with van der Waals surface area (Å²) >= 11 is 0. The molecule has 1 aliphatic carbocycles. The van der Waals surface area contributed by atoms with E-state index >= 15 is 0 Å². The summed E-state index contributed by atoms with van der Waals surface area (Å²) in [5.41, 5.74) is 2.43. The lowest BCUT2D eigenvalue weighted by molar-refractivity contribution is -0.142. The van der Waals surface area contributed by atoms with E-state index in [9.17, 15) is 4.79 Å². The van der Waals surface area contributed by atoms with Gasteiger partial charge in [0.1, 0.15) is 0 Å².